The van der Waals surface area contributed by atoms with Gasteiger partial charge in [-0.25, -0.2) is 8.78 Å². The molecule has 0 aliphatic heterocycles. The van der Waals surface area contributed by atoms with Crippen molar-refractivity contribution in [3.63, 3.8) is 0 Å². The van der Waals surface area contributed by atoms with Crippen LogP contribution in [0, 0.1) is 18.6 Å². The summed E-state index contributed by atoms with van der Waals surface area (Å²) in [5, 5.41) is 8.75. The van der Waals surface area contributed by atoms with E-state index in [2.05, 4.69) is 10.4 Å². The monoisotopic (exact) mass is 377 g/mol. The molecule has 0 fully saturated rings. The van der Waals surface area contributed by atoms with E-state index in [0.717, 1.165) is 29.0 Å². The fourth-order valence-corrected chi connectivity index (χ4v) is 3.12. The van der Waals surface area contributed by atoms with Crippen molar-refractivity contribution >= 4 is 17.2 Å². The molecule has 26 heavy (non-hydrogen) atoms. The fraction of sp³-hybridized carbons (Fsp3) is 0.222. The second-order valence-electron chi connectivity index (χ2n) is 5.74. The van der Waals surface area contributed by atoms with Gasteiger partial charge in [0.1, 0.15) is 12.4 Å². The van der Waals surface area contributed by atoms with E-state index < -0.39 is 11.6 Å². The molecule has 8 heteroatoms. The highest BCUT2D eigenvalue weighted by atomic mass is 32.1. The van der Waals surface area contributed by atoms with Crippen LogP contribution in [0.5, 0.6) is 5.75 Å². The Morgan fingerprint density at radius 2 is 2.15 bits per heavy atom. The van der Waals surface area contributed by atoms with Gasteiger partial charge < -0.3 is 10.1 Å². The Balaban J connectivity index is 1.56. The number of benzene rings is 1. The lowest BCUT2D eigenvalue weighted by Gasteiger charge is -2.05. The van der Waals surface area contributed by atoms with Gasteiger partial charge in [-0.3, -0.25) is 9.48 Å². The van der Waals surface area contributed by atoms with E-state index in [1.807, 2.05) is 14.0 Å². The van der Waals surface area contributed by atoms with Crippen molar-refractivity contribution in [2.24, 2.45) is 7.05 Å². The minimum atomic E-state index is -0.759. The summed E-state index contributed by atoms with van der Waals surface area (Å²) in [6.45, 7) is 2.42. The van der Waals surface area contributed by atoms with Crippen LogP contribution in [0.15, 0.2) is 35.8 Å². The van der Waals surface area contributed by atoms with E-state index in [-0.39, 0.29) is 18.3 Å². The van der Waals surface area contributed by atoms with E-state index in [9.17, 15) is 13.6 Å². The zero-order chi connectivity index (χ0) is 18.7. The summed E-state index contributed by atoms with van der Waals surface area (Å²) in [6.07, 6.45) is 1.72. The topological polar surface area (TPSA) is 56.1 Å². The van der Waals surface area contributed by atoms with Gasteiger partial charge in [0.15, 0.2) is 11.6 Å². The van der Waals surface area contributed by atoms with E-state index in [4.69, 9.17) is 4.74 Å². The normalized spacial score (nSPS) is 10.8. The first-order valence-electron chi connectivity index (χ1n) is 7.85. The summed E-state index contributed by atoms with van der Waals surface area (Å²) < 4.78 is 33.5. The van der Waals surface area contributed by atoms with Crippen LogP contribution in [0.2, 0.25) is 0 Å². The Bertz CT molecular complexity index is 936. The molecular formula is C18H17F2N3O2S. The Hall–Kier alpha value is -2.74. The maximum Gasteiger partial charge on any atom is 0.261 e. The van der Waals surface area contributed by atoms with Gasteiger partial charge in [0.05, 0.1) is 11.1 Å². The molecule has 0 unspecified atom stereocenters. The third kappa shape index (κ3) is 4.08. The largest absolute Gasteiger partial charge is 0.486 e. The maximum absolute atomic E-state index is 13.5. The van der Waals surface area contributed by atoms with Crippen molar-refractivity contribution in [3.05, 3.63) is 69.2 Å². The molecule has 2 aromatic heterocycles. The van der Waals surface area contributed by atoms with Gasteiger partial charge in [0.25, 0.3) is 5.91 Å². The van der Waals surface area contributed by atoms with Gasteiger partial charge in [-0.1, -0.05) is 0 Å². The van der Waals surface area contributed by atoms with Crippen molar-refractivity contribution in [2.45, 2.75) is 20.1 Å². The quantitative estimate of drug-likeness (QED) is 0.714. The first-order chi connectivity index (χ1) is 12.4. The Kier molecular flexibility index (Phi) is 5.32. The molecule has 0 saturated heterocycles. The molecule has 1 aromatic carbocycles. The van der Waals surface area contributed by atoms with Gasteiger partial charge in [-0.2, -0.15) is 5.10 Å². The molecule has 0 aliphatic rings. The summed E-state index contributed by atoms with van der Waals surface area (Å²) in [5.74, 6) is -1.65. The highest BCUT2D eigenvalue weighted by Gasteiger charge is 2.12. The number of hydrogen-bond donors (Lipinski definition) is 1. The molecule has 0 radical (unpaired) electrons. The van der Waals surface area contributed by atoms with Crippen molar-refractivity contribution in [2.75, 3.05) is 0 Å². The van der Waals surface area contributed by atoms with Crippen LogP contribution in [0.1, 0.15) is 26.5 Å². The lowest BCUT2D eigenvalue weighted by molar-refractivity contribution is 0.0955. The minimum Gasteiger partial charge on any atom is -0.486 e. The predicted octanol–water partition coefficient (Wildman–Crippen LogP) is 3.58. The Morgan fingerprint density at radius 1 is 1.35 bits per heavy atom. The van der Waals surface area contributed by atoms with Crippen LogP contribution in [-0.2, 0) is 20.2 Å². The third-order valence-corrected chi connectivity index (χ3v) is 4.92. The number of carbonyl (C=O) groups excluding carboxylic acids is 1. The summed E-state index contributed by atoms with van der Waals surface area (Å²) in [7, 11) is 1.84. The first kappa shape index (κ1) is 18.1. The number of nitrogens with zero attached hydrogens (tertiary/aromatic N) is 2. The predicted molar refractivity (Wildman–Crippen MR) is 94.1 cm³/mol. The van der Waals surface area contributed by atoms with Crippen molar-refractivity contribution < 1.29 is 18.3 Å². The van der Waals surface area contributed by atoms with Crippen molar-refractivity contribution in [1.29, 1.82) is 0 Å². The Morgan fingerprint density at radius 3 is 2.85 bits per heavy atom. The summed E-state index contributed by atoms with van der Waals surface area (Å²) in [5.41, 5.74) is 2.68. The molecule has 0 spiro atoms. The first-order valence-corrected chi connectivity index (χ1v) is 8.73. The second kappa shape index (κ2) is 7.65. The van der Waals surface area contributed by atoms with Crippen molar-refractivity contribution in [3.8, 4) is 5.75 Å². The van der Waals surface area contributed by atoms with Gasteiger partial charge >= 0.3 is 0 Å². The number of aryl methyl sites for hydroxylation is 1. The number of rotatable bonds is 6. The molecule has 1 N–H and O–H groups in total. The number of ether oxygens (including phenoxy) is 1. The summed E-state index contributed by atoms with van der Waals surface area (Å²) >= 11 is 1.28. The highest BCUT2D eigenvalue weighted by Crippen LogP contribution is 2.21. The highest BCUT2D eigenvalue weighted by molar-refractivity contribution is 7.12. The SMILES string of the molecule is Cc1c(CNC(=O)c2cc(COc3ccc(F)cc3F)cs2)cnn1C. The van der Waals surface area contributed by atoms with Crippen LogP contribution < -0.4 is 10.1 Å². The minimum absolute atomic E-state index is 0.0318. The molecule has 3 aromatic rings. The van der Waals surface area contributed by atoms with E-state index in [1.54, 1.807) is 22.3 Å². The number of hydrogen-bond acceptors (Lipinski definition) is 4. The number of carbonyl (C=O) groups is 1. The average Bonchev–Trinajstić information content (AvgIpc) is 3.20. The molecule has 0 saturated carbocycles. The number of thiophene rings is 1. The lowest BCUT2D eigenvalue weighted by atomic mass is 10.2. The van der Waals surface area contributed by atoms with Crippen LogP contribution >= 0.6 is 11.3 Å². The van der Waals surface area contributed by atoms with E-state index in [0.29, 0.717) is 11.4 Å². The zero-order valence-electron chi connectivity index (χ0n) is 14.3. The summed E-state index contributed by atoms with van der Waals surface area (Å²) in [4.78, 5) is 12.8. The molecule has 0 aliphatic carbocycles. The van der Waals surface area contributed by atoms with Gasteiger partial charge in [-0.05, 0) is 30.5 Å². The molecule has 0 atom stereocenters. The zero-order valence-corrected chi connectivity index (χ0v) is 15.1. The van der Waals surface area contributed by atoms with Crippen LogP contribution in [0.3, 0.4) is 0 Å². The number of nitrogens with one attached hydrogen (secondary N) is 1. The fourth-order valence-electron chi connectivity index (χ4n) is 2.30. The maximum atomic E-state index is 13.5. The average molecular weight is 377 g/mol. The number of halogens is 2. The molecule has 0 bridgehead atoms. The van der Waals surface area contributed by atoms with Gasteiger partial charge in [-0.15, -0.1) is 11.3 Å². The summed E-state index contributed by atoms with van der Waals surface area (Å²) in [6, 6.07) is 4.83. The third-order valence-electron chi connectivity index (χ3n) is 3.94. The van der Waals surface area contributed by atoms with Crippen LogP contribution in [0.25, 0.3) is 0 Å². The Labute approximate surface area is 153 Å². The molecule has 2 heterocycles. The molecule has 3 rings (SSSR count). The number of amides is 1. The van der Waals surface area contributed by atoms with E-state index >= 15 is 0 Å². The van der Waals surface area contributed by atoms with Gasteiger partial charge in [0.2, 0.25) is 0 Å². The van der Waals surface area contributed by atoms with Gasteiger partial charge in [0, 0.05) is 36.5 Å². The smallest absolute Gasteiger partial charge is 0.261 e. The molecule has 136 valence electrons. The molecular weight excluding hydrogens is 360 g/mol. The van der Waals surface area contributed by atoms with Crippen LogP contribution in [0.4, 0.5) is 8.78 Å². The molecule has 5 nitrogen and oxygen atoms in total. The van der Waals surface area contributed by atoms with Crippen molar-refractivity contribution in [1.82, 2.24) is 15.1 Å². The molecule has 1 amide bonds. The van der Waals surface area contributed by atoms with Crippen LogP contribution in [-0.4, -0.2) is 15.7 Å². The standard InChI is InChI=1S/C18H17F2N3O2S/c1-11-13(8-22-23(11)2)7-21-18(24)17-5-12(10-26-17)9-25-16-4-3-14(19)6-15(16)20/h3-6,8,10H,7,9H2,1-2H3,(H,21,24). The number of aromatic nitrogens is 2. The second-order valence-corrected chi connectivity index (χ2v) is 6.66. The lowest BCUT2D eigenvalue weighted by Crippen LogP contribution is -2.22. The van der Waals surface area contributed by atoms with E-state index in [1.165, 1.54) is 17.4 Å².